The number of para-hydroxylation sites is 1. The van der Waals surface area contributed by atoms with Crippen LogP contribution in [0.4, 0.5) is 16.2 Å². The summed E-state index contributed by atoms with van der Waals surface area (Å²) in [6.07, 6.45) is 1.59. The van der Waals surface area contributed by atoms with E-state index in [1.807, 2.05) is 18.2 Å². The Morgan fingerprint density at radius 1 is 0.903 bits per heavy atom. The fraction of sp³-hybridized carbons (Fsp3) is 0.0833. The van der Waals surface area contributed by atoms with Crippen molar-refractivity contribution >= 4 is 34.9 Å². The lowest BCUT2D eigenvalue weighted by atomic mass is 10.1. The SMILES string of the molecule is C=CCNC(=O)Nc1ccc(NC(=O)c2ccccc2OCc2ccc(Cl)cc2)cc1. The first-order valence-electron chi connectivity index (χ1n) is 9.58. The van der Waals surface area contributed by atoms with Gasteiger partial charge in [-0.15, -0.1) is 6.58 Å². The molecule has 3 N–H and O–H groups in total. The molecular weight excluding hydrogens is 414 g/mol. The molecule has 0 aliphatic carbocycles. The van der Waals surface area contributed by atoms with Crippen LogP contribution in [0.1, 0.15) is 15.9 Å². The van der Waals surface area contributed by atoms with E-state index < -0.39 is 0 Å². The molecular formula is C24H22ClN3O3. The Balaban J connectivity index is 1.62. The normalized spacial score (nSPS) is 10.1. The number of carbonyl (C=O) groups is 2. The maximum Gasteiger partial charge on any atom is 0.319 e. The van der Waals surface area contributed by atoms with E-state index in [0.717, 1.165) is 5.56 Å². The number of anilines is 2. The molecule has 0 heterocycles. The van der Waals surface area contributed by atoms with Crippen LogP contribution < -0.4 is 20.7 Å². The molecule has 6 nitrogen and oxygen atoms in total. The highest BCUT2D eigenvalue weighted by Crippen LogP contribution is 2.22. The van der Waals surface area contributed by atoms with E-state index in [9.17, 15) is 9.59 Å². The molecule has 158 valence electrons. The lowest BCUT2D eigenvalue weighted by Gasteiger charge is -2.12. The number of carbonyl (C=O) groups excluding carboxylic acids is 2. The Hall–Kier alpha value is -3.77. The van der Waals surface area contributed by atoms with Crippen molar-refractivity contribution in [3.05, 3.63) is 102 Å². The van der Waals surface area contributed by atoms with Gasteiger partial charge < -0.3 is 20.7 Å². The summed E-state index contributed by atoms with van der Waals surface area (Å²) >= 11 is 5.91. The summed E-state index contributed by atoms with van der Waals surface area (Å²) in [5, 5.41) is 8.81. The van der Waals surface area contributed by atoms with Crippen LogP contribution in [-0.4, -0.2) is 18.5 Å². The number of amides is 3. The molecule has 7 heteroatoms. The average Bonchev–Trinajstić information content (AvgIpc) is 2.79. The summed E-state index contributed by atoms with van der Waals surface area (Å²) < 4.78 is 5.85. The molecule has 0 unspecified atom stereocenters. The predicted octanol–water partition coefficient (Wildman–Crippen LogP) is 5.48. The monoisotopic (exact) mass is 435 g/mol. The molecule has 0 spiro atoms. The van der Waals surface area contributed by atoms with Gasteiger partial charge in [0, 0.05) is 22.9 Å². The molecule has 0 radical (unpaired) electrons. The number of benzene rings is 3. The third-order valence-corrected chi connectivity index (χ3v) is 4.50. The largest absolute Gasteiger partial charge is 0.488 e. The summed E-state index contributed by atoms with van der Waals surface area (Å²) in [4.78, 5) is 24.5. The molecule has 0 fully saturated rings. The van der Waals surface area contributed by atoms with Crippen LogP contribution in [0.3, 0.4) is 0 Å². The highest BCUT2D eigenvalue weighted by atomic mass is 35.5. The molecule has 0 aromatic heterocycles. The first-order valence-corrected chi connectivity index (χ1v) is 9.96. The standard InChI is InChI=1S/C24H22ClN3O3/c1-2-15-26-24(30)28-20-13-11-19(12-14-20)27-23(29)21-5-3-4-6-22(21)31-16-17-7-9-18(25)10-8-17/h2-14H,1,15-16H2,(H,27,29)(H2,26,28,30). The number of rotatable bonds is 8. The van der Waals surface area contributed by atoms with Crippen molar-refractivity contribution < 1.29 is 14.3 Å². The summed E-state index contributed by atoms with van der Waals surface area (Å²) in [6.45, 7) is 4.23. The number of hydrogen-bond donors (Lipinski definition) is 3. The molecule has 0 saturated carbocycles. The van der Waals surface area contributed by atoms with E-state index in [-0.39, 0.29) is 11.9 Å². The first kappa shape index (κ1) is 21.9. The second kappa shape index (κ2) is 10.8. The molecule has 0 aliphatic rings. The van der Waals surface area contributed by atoms with E-state index >= 15 is 0 Å². The van der Waals surface area contributed by atoms with Gasteiger partial charge in [-0.1, -0.05) is 41.9 Å². The number of ether oxygens (including phenoxy) is 1. The quantitative estimate of drug-likeness (QED) is 0.410. The van der Waals surface area contributed by atoms with E-state index in [0.29, 0.717) is 40.9 Å². The summed E-state index contributed by atoms with van der Waals surface area (Å²) in [5.41, 5.74) is 2.56. The topological polar surface area (TPSA) is 79.5 Å². The van der Waals surface area contributed by atoms with Gasteiger partial charge in [0.15, 0.2) is 0 Å². The van der Waals surface area contributed by atoms with Crippen molar-refractivity contribution in [3.8, 4) is 5.75 Å². The lowest BCUT2D eigenvalue weighted by molar-refractivity contribution is 0.102. The average molecular weight is 436 g/mol. The fourth-order valence-electron chi connectivity index (χ4n) is 2.70. The zero-order valence-electron chi connectivity index (χ0n) is 16.7. The highest BCUT2D eigenvalue weighted by Gasteiger charge is 2.13. The van der Waals surface area contributed by atoms with Crippen LogP contribution in [0.2, 0.25) is 5.02 Å². The van der Waals surface area contributed by atoms with Gasteiger partial charge >= 0.3 is 6.03 Å². The van der Waals surface area contributed by atoms with E-state index in [4.69, 9.17) is 16.3 Å². The molecule has 3 aromatic rings. The lowest BCUT2D eigenvalue weighted by Crippen LogP contribution is -2.28. The predicted molar refractivity (Wildman–Crippen MR) is 124 cm³/mol. The molecule has 3 aromatic carbocycles. The second-order valence-electron chi connectivity index (χ2n) is 6.57. The zero-order chi connectivity index (χ0) is 22.1. The zero-order valence-corrected chi connectivity index (χ0v) is 17.5. The molecule has 0 atom stereocenters. The Bertz CT molecular complexity index is 1050. The third-order valence-electron chi connectivity index (χ3n) is 4.25. The number of urea groups is 1. The van der Waals surface area contributed by atoms with Gasteiger partial charge in [-0.2, -0.15) is 0 Å². The van der Waals surface area contributed by atoms with Gasteiger partial charge in [-0.3, -0.25) is 4.79 Å². The smallest absolute Gasteiger partial charge is 0.319 e. The van der Waals surface area contributed by atoms with E-state index in [1.165, 1.54) is 0 Å². The van der Waals surface area contributed by atoms with E-state index in [1.54, 1.807) is 60.7 Å². The summed E-state index contributed by atoms with van der Waals surface area (Å²) in [6, 6.07) is 20.9. The minimum Gasteiger partial charge on any atom is -0.488 e. The van der Waals surface area contributed by atoms with E-state index in [2.05, 4.69) is 22.5 Å². The first-order chi connectivity index (χ1) is 15.0. The molecule has 3 rings (SSSR count). The molecule has 31 heavy (non-hydrogen) atoms. The fourth-order valence-corrected chi connectivity index (χ4v) is 2.82. The number of hydrogen-bond acceptors (Lipinski definition) is 3. The van der Waals surface area contributed by atoms with Crippen molar-refractivity contribution in [1.29, 1.82) is 0 Å². The number of halogens is 1. The summed E-state index contributed by atoms with van der Waals surface area (Å²) in [7, 11) is 0. The van der Waals surface area contributed by atoms with Crippen LogP contribution in [0, 0.1) is 0 Å². The molecule has 0 bridgehead atoms. The van der Waals surface area contributed by atoms with Gasteiger partial charge in [-0.25, -0.2) is 4.79 Å². The minimum absolute atomic E-state index is 0.295. The van der Waals surface area contributed by atoms with Gasteiger partial charge in [-0.05, 0) is 54.1 Å². The Kier molecular flexibility index (Phi) is 7.67. The molecule has 3 amide bonds. The Morgan fingerprint density at radius 3 is 2.23 bits per heavy atom. The third kappa shape index (κ3) is 6.62. The minimum atomic E-state index is -0.330. The van der Waals surface area contributed by atoms with Crippen LogP contribution in [0.15, 0.2) is 85.5 Å². The highest BCUT2D eigenvalue weighted by molar-refractivity contribution is 6.30. The van der Waals surface area contributed by atoms with Crippen LogP contribution in [0.25, 0.3) is 0 Å². The van der Waals surface area contributed by atoms with Gasteiger partial charge in [0.2, 0.25) is 0 Å². The van der Waals surface area contributed by atoms with Gasteiger partial charge in [0.25, 0.3) is 5.91 Å². The van der Waals surface area contributed by atoms with Crippen molar-refractivity contribution in [2.24, 2.45) is 0 Å². The van der Waals surface area contributed by atoms with Gasteiger partial charge in [0.1, 0.15) is 12.4 Å². The van der Waals surface area contributed by atoms with Crippen LogP contribution >= 0.6 is 11.6 Å². The summed E-state index contributed by atoms with van der Waals surface area (Å²) in [5.74, 6) is 0.184. The van der Waals surface area contributed by atoms with Crippen molar-refractivity contribution in [1.82, 2.24) is 5.32 Å². The molecule has 0 saturated heterocycles. The maximum atomic E-state index is 12.8. The van der Waals surface area contributed by atoms with Crippen molar-refractivity contribution in [2.75, 3.05) is 17.2 Å². The Labute approximate surface area is 185 Å². The molecule has 0 aliphatic heterocycles. The maximum absolute atomic E-state index is 12.8. The van der Waals surface area contributed by atoms with Crippen LogP contribution in [-0.2, 0) is 6.61 Å². The van der Waals surface area contributed by atoms with Crippen LogP contribution in [0.5, 0.6) is 5.75 Å². The van der Waals surface area contributed by atoms with Crippen molar-refractivity contribution in [2.45, 2.75) is 6.61 Å². The second-order valence-corrected chi connectivity index (χ2v) is 7.00. The van der Waals surface area contributed by atoms with Crippen molar-refractivity contribution in [3.63, 3.8) is 0 Å². The Morgan fingerprint density at radius 2 is 1.55 bits per heavy atom. The number of nitrogens with one attached hydrogen (secondary N) is 3. The van der Waals surface area contributed by atoms with Gasteiger partial charge in [0.05, 0.1) is 5.56 Å².